The Hall–Kier alpha value is -0.106. The van der Waals surface area contributed by atoms with Crippen LogP contribution in [0.25, 0.3) is 0 Å². The average Bonchev–Trinajstić information content (AvgIpc) is 2.50. The average molecular weight is 451 g/mol. The van der Waals surface area contributed by atoms with Crippen molar-refractivity contribution in [3.8, 4) is 5.75 Å². The van der Waals surface area contributed by atoms with Gasteiger partial charge >= 0.3 is 35.6 Å². The van der Waals surface area contributed by atoms with Gasteiger partial charge in [-0.25, -0.2) is 4.39 Å². The van der Waals surface area contributed by atoms with Crippen molar-refractivity contribution in [1.82, 2.24) is 0 Å². The van der Waals surface area contributed by atoms with Crippen LogP contribution in [0.15, 0.2) is 36.4 Å². The Morgan fingerprint density at radius 1 is 0.923 bits per heavy atom. The zero-order chi connectivity index (χ0) is 20.1. The zero-order valence-electron chi connectivity index (χ0n) is 16.0. The topological polar surface area (TPSA) is 20.2 Å². The summed E-state index contributed by atoms with van der Waals surface area (Å²) in [4.78, 5) is 0. The summed E-state index contributed by atoms with van der Waals surface area (Å²) in [6.07, 6.45) is 0. The van der Waals surface area contributed by atoms with Crippen LogP contribution in [0.1, 0.15) is 52.7 Å². The molecular weight excluding hydrogens is 425 g/mol. The van der Waals surface area contributed by atoms with Crippen molar-refractivity contribution >= 4 is 37.8 Å². The van der Waals surface area contributed by atoms with Crippen LogP contribution in [-0.4, -0.2) is 5.11 Å². The quantitative estimate of drug-likeness (QED) is 0.430. The third-order valence-corrected chi connectivity index (χ3v) is 5.25. The van der Waals surface area contributed by atoms with E-state index in [-0.39, 0.29) is 25.2 Å². The normalized spacial score (nSPS) is 12.0. The van der Waals surface area contributed by atoms with Crippen molar-refractivity contribution in [2.75, 3.05) is 0 Å². The van der Waals surface area contributed by atoms with Gasteiger partial charge in [0.15, 0.2) is 0 Å². The third-order valence-electron chi connectivity index (χ3n) is 3.93. The molecule has 1 N–H and O–H groups in total. The number of phenols is 1. The molecule has 1 atom stereocenters. The predicted octanol–water partition coefficient (Wildman–Crippen LogP) is 6.13. The van der Waals surface area contributed by atoms with Gasteiger partial charge in [-0.05, 0) is 28.5 Å². The summed E-state index contributed by atoms with van der Waals surface area (Å²) >= 11 is -0.556. The zero-order valence-corrected chi connectivity index (χ0v) is 20.1. The summed E-state index contributed by atoms with van der Waals surface area (Å²) in [6.45, 7) is 12.7. The number of aromatic hydroxyl groups is 1. The van der Waals surface area contributed by atoms with Gasteiger partial charge < -0.3 is 5.11 Å². The van der Waals surface area contributed by atoms with Crippen molar-refractivity contribution in [3.05, 3.63) is 53.3 Å². The molecule has 6 heteroatoms. The maximum absolute atomic E-state index is 14.0. The Morgan fingerprint density at radius 2 is 1.46 bits per heavy atom. The third kappa shape index (κ3) is 6.81. The molecule has 0 saturated carbocycles. The minimum absolute atomic E-state index is 0.0256. The second-order valence-electron chi connectivity index (χ2n) is 8.10. The SMILES string of the molecule is CC(C)(C)c1cc(Pc2ccccc2F)c(O)c(C(C)(C)C)c1.[Cl][Ti][Cl]. The molecular formula is C20H26Cl2FOPTi. The number of hydrogen-bond acceptors (Lipinski definition) is 1. The van der Waals surface area contributed by atoms with Crippen LogP contribution >= 0.6 is 27.2 Å². The molecule has 0 fully saturated rings. The summed E-state index contributed by atoms with van der Waals surface area (Å²) in [5, 5.41) is 12.2. The molecule has 0 aliphatic heterocycles. The molecule has 0 amide bonds. The molecule has 2 aromatic rings. The molecule has 0 aromatic heterocycles. The molecule has 26 heavy (non-hydrogen) atoms. The number of hydrogen-bond donors (Lipinski definition) is 1. The molecule has 2 rings (SSSR count). The molecule has 0 bridgehead atoms. The molecule has 1 nitrogen and oxygen atoms in total. The maximum atomic E-state index is 14.0. The molecule has 0 heterocycles. The second-order valence-corrected chi connectivity index (χ2v) is 12.0. The van der Waals surface area contributed by atoms with E-state index in [2.05, 4.69) is 47.6 Å². The number of rotatable bonds is 2. The number of benzene rings is 2. The molecule has 142 valence electrons. The summed E-state index contributed by atoms with van der Waals surface area (Å²) < 4.78 is 14.0. The number of phenolic OH excluding ortho intramolecular Hbond substituents is 1. The Morgan fingerprint density at radius 3 is 1.92 bits per heavy atom. The van der Waals surface area contributed by atoms with Gasteiger partial charge in [-0.15, -0.1) is 0 Å². The molecule has 2 aromatic carbocycles. The Bertz CT molecular complexity index is 740. The fourth-order valence-electron chi connectivity index (χ4n) is 2.44. The van der Waals surface area contributed by atoms with Crippen molar-refractivity contribution in [3.63, 3.8) is 0 Å². The van der Waals surface area contributed by atoms with E-state index in [0.717, 1.165) is 10.9 Å². The van der Waals surface area contributed by atoms with E-state index in [4.69, 9.17) is 18.6 Å². The standard InChI is InChI=1S/C20H26FOP.2ClH.Ti/c1-19(2,3)13-11-14(20(4,5)6)18(22)17(12-13)23-16-10-8-7-9-15(16)21;;;/h7-12,22-23H,1-6H3;2*1H;/q;;;+2/p-2. The minimum atomic E-state index is -0.556. The first kappa shape index (κ1) is 23.9. The molecule has 0 saturated heterocycles. The first-order chi connectivity index (χ1) is 11.9. The van der Waals surface area contributed by atoms with Gasteiger partial charge in [0.05, 0.1) is 0 Å². The molecule has 0 spiro atoms. The summed E-state index contributed by atoms with van der Waals surface area (Å²) in [6, 6.07) is 10.9. The first-order valence-electron chi connectivity index (χ1n) is 8.27. The Balaban J connectivity index is 0.00000105. The van der Waals surface area contributed by atoms with E-state index in [1.165, 1.54) is 11.6 Å². The molecule has 0 aliphatic carbocycles. The first-order valence-corrected chi connectivity index (χ1v) is 13.6. The van der Waals surface area contributed by atoms with Crippen LogP contribution in [0.2, 0.25) is 0 Å². The van der Waals surface area contributed by atoms with Gasteiger partial charge in [0, 0.05) is 16.2 Å². The van der Waals surface area contributed by atoms with Crippen molar-refractivity contribution < 1.29 is 26.5 Å². The van der Waals surface area contributed by atoms with E-state index in [1.807, 2.05) is 12.1 Å². The monoisotopic (exact) mass is 450 g/mol. The predicted molar refractivity (Wildman–Crippen MR) is 111 cm³/mol. The van der Waals surface area contributed by atoms with Gasteiger partial charge in [-0.2, -0.15) is 0 Å². The summed E-state index contributed by atoms with van der Waals surface area (Å²) in [7, 11) is 9.88. The molecule has 1 unspecified atom stereocenters. The van der Waals surface area contributed by atoms with Crippen LogP contribution in [0.5, 0.6) is 5.75 Å². The van der Waals surface area contributed by atoms with Crippen LogP contribution in [0.3, 0.4) is 0 Å². The fraction of sp³-hybridized carbons (Fsp3) is 0.400. The molecule has 0 aliphatic rings. The van der Waals surface area contributed by atoms with Crippen molar-refractivity contribution in [2.24, 2.45) is 0 Å². The van der Waals surface area contributed by atoms with Crippen molar-refractivity contribution in [1.29, 1.82) is 0 Å². The van der Waals surface area contributed by atoms with Crippen LogP contribution in [0.4, 0.5) is 4.39 Å². The van der Waals surface area contributed by atoms with Gasteiger partial charge in [-0.3, -0.25) is 0 Å². The van der Waals surface area contributed by atoms with Gasteiger partial charge in [0.1, 0.15) is 11.6 Å². The van der Waals surface area contributed by atoms with E-state index < -0.39 is 17.0 Å². The van der Waals surface area contributed by atoms with Crippen molar-refractivity contribution in [2.45, 2.75) is 52.4 Å². The summed E-state index contributed by atoms with van der Waals surface area (Å²) in [5.74, 6) is 0.0794. The van der Waals surface area contributed by atoms with E-state index in [0.29, 0.717) is 11.1 Å². The summed E-state index contributed by atoms with van der Waals surface area (Å²) in [5.41, 5.74) is 1.89. The second kappa shape index (κ2) is 9.90. The van der Waals surface area contributed by atoms with Gasteiger partial charge in [0.2, 0.25) is 0 Å². The van der Waals surface area contributed by atoms with E-state index in [1.54, 1.807) is 12.1 Å². The fourth-order valence-corrected chi connectivity index (χ4v) is 3.60. The van der Waals surface area contributed by atoms with Crippen LogP contribution < -0.4 is 10.6 Å². The van der Waals surface area contributed by atoms with E-state index >= 15 is 0 Å². The molecule has 0 radical (unpaired) electrons. The van der Waals surface area contributed by atoms with Crippen LogP contribution in [0, 0.1) is 5.82 Å². The van der Waals surface area contributed by atoms with Gasteiger partial charge in [-0.1, -0.05) is 74.4 Å². The van der Waals surface area contributed by atoms with Crippen LogP contribution in [-0.2, 0) is 27.9 Å². The number of halogens is 3. The Kier molecular flexibility index (Phi) is 9.11. The van der Waals surface area contributed by atoms with E-state index in [9.17, 15) is 9.50 Å². The Labute approximate surface area is 175 Å². The van der Waals surface area contributed by atoms with Gasteiger partial charge in [0.25, 0.3) is 0 Å².